The SMILES string of the molecule is CNc1ccc2c(c1)N(Cc1c[nH]cn1)CCO2. The molecule has 0 radical (unpaired) electrons. The van der Waals surface area contributed by atoms with E-state index >= 15 is 0 Å². The maximum Gasteiger partial charge on any atom is 0.142 e. The van der Waals surface area contributed by atoms with Crippen molar-refractivity contribution in [3.05, 3.63) is 36.4 Å². The molecule has 1 aromatic carbocycles. The van der Waals surface area contributed by atoms with Gasteiger partial charge in [0.2, 0.25) is 0 Å². The first kappa shape index (κ1) is 11.0. The third kappa shape index (κ3) is 1.99. The van der Waals surface area contributed by atoms with Gasteiger partial charge < -0.3 is 19.9 Å². The number of aromatic nitrogens is 2. The third-order valence-electron chi connectivity index (χ3n) is 3.11. The van der Waals surface area contributed by atoms with Crippen LogP contribution in [0.25, 0.3) is 0 Å². The third-order valence-corrected chi connectivity index (χ3v) is 3.11. The van der Waals surface area contributed by atoms with E-state index < -0.39 is 0 Å². The van der Waals surface area contributed by atoms with Crippen LogP contribution in [0.4, 0.5) is 11.4 Å². The molecule has 0 saturated carbocycles. The first-order valence-electron chi connectivity index (χ1n) is 6.04. The van der Waals surface area contributed by atoms with Crippen molar-refractivity contribution in [2.45, 2.75) is 6.54 Å². The maximum atomic E-state index is 5.67. The number of fused-ring (bicyclic) bond motifs is 1. The predicted octanol–water partition coefficient (Wildman–Crippen LogP) is 1.85. The summed E-state index contributed by atoms with van der Waals surface area (Å²) in [5.41, 5.74) is 3.25. The molecule has 18 heavy (non-hydrogen) atoms. The molecule has 0 bridgehead atoms. The van der Waals surface area contributed by atoms with Crippen molar-refractivity contribution in [2.75, 3.05) is 30.4 Å². The minimum atomic E-state index is 0.719. The molecule has 0 aliphatic carbocycles. The Morgan fingerprint density at radius 2 is 2.44 bits per heavy atom. The van der Waals surface area contributed by atoms with E-state index in [0.717, 1.165) is 42.5 Å². The van der Waals surface area contributed by atoms with Crippen LogP contribution in [0, 0.1) is 0 Å². The molecule has 0 saturated heterocycles. The number of hydrogen-bond donors (Lipinski definition) is 2. The molecule has 3 rings (SSSR count). The van der Waals surface area contributed by atoms with Crippen LogP contribution in [0.1, 0.15) is 5.69 Å². The van der Waals surface area contributed by atoms with E-state index in [4.69, 9.17) is 4.74 Å². The summed E-state index contributed by atoms with van der Waals surface area (Å²) in [6.07, 6.45) is 3.64. The average Bonchev–Trinajstić information content (AvgIpc) is 2.91. The molecule has 2 heterocycles. The van der Waals surface area contributed by atoms with Crippen molar-refractivity contribution < 1.29 is 4.74 Å². The highest BCUT2D eigenvalue weighted by Crippen LogP contribution is 2.34. The molecule has 1 aromatic heterocycles. The van der Waals surface area contributed by atoms with Gasteiger partial charge in [-0.2, -0.15) is 0 Å². The molecule has 2 aromatic rings. The van der Waals surface area contributed by atoms with Gasteiger partial charge in [-0.1, -0.05) is 0 Å². The van der Waals surface area contributed by atoms with E-state index in [-0.39, 0.29) is 0 Å². The molecule has 0 atom stereocenters. The van der Waals surface area contributed by atoms with Crippen molar-refractivity contribution in [3.8, 4) is 5.75 Å². The molecular weight excluding hydrogens is 228 g/mol. The number of imidazole rings is 1. The van der Waals surface area contributed by atoms with Crippen LogP contribution >= 0.6 is 0 Å². The van der Waals surface area contributed by atoms with Crippen molar-refractivity contribution in [3.63, 3.8) is 0 Å². The Morgan fingerprint density at radius 3 is 3.22 bits per heavy atom. The van der Waals surface area contributed by atoms with Crippen molar-refractivity contribution in [1.29, 1.82) is 0 Å². The van der Waals surface area contributed by atoms with Gasteiger partial charge in [0.25, 0.3) is 0 Å². The molecule has 5 nitrogen and oxygen atoms in total. The Kier molecular flexibility index (Phi) is 2.80. The van der Waals surface area contributed by atoms with E-state index in [1.807, 2.05) is 25.4 Å². The topological polar surface area (TPSA) is 53.2 Å². The smallest absolute Gasteiger partial charge is 0.142 e. The molecule has 5 heteroatoms. The summed E-state index contributed by atoms with van der Waals surface area (Å²) < 4.78 is 5.67. The fourth-order valence-corrected chi connectivity index (χ4v) is 2.17. The van der Waals surface area contributed by atoms with Crippen LogP contribution in [0.15, 0.2) is 30.7 Å². The van der Waals surface area contributed by atoms with Gasteiger partial charge in [-0.05, 0) is 18.2 Å². The number of aromatic amines is 1. The molecule has 0 unspecified atom stereocenters. The van der Waals surface area contributed by atoms with Crippen LogP contribution < -0.4 is 15.0 Å². The lowest BCUT2D eigenvalue weighted by molar-refractivity contribution is 0.307. The number of anilines is 2. The highest BCUT2D eigenvalue weighted by molar-refractivity contribution is 5.67. The van der Waals surface area contributed by atoms with Gasteiger partial charge in [0.15, 0.2) is 0 Å². The second-order valence-corrected chi connectivity index (χ2v) is 4.26. The Morgan fingerprint density at radius 1 is 1.50 bits per heavy atom. The quantitative estimate of drug-likeness (QED) is 0.865. The molecular formula is C13H16N4O. The summed E-state index contributed by atoms with van der Waals surface area (Å²) in [5.74, 6) is 0.941. The van der Waals surface area contributed by atoms with Gasteiger partial charge >= 0.3 is 0 Å². The van der Waals surface area contributed by atoms with Gasteiger partial charge in [-0.15, -0.1) is 0 Å². The molecule has 0 fully saturated rings. The summed E-state index contributed by atoms with van der Waals surface area (Å²) >= 11 is 0. The van der Waals surface area contributed by atoms with Crippen LogP contribution in [-0.4, -0.2) is 30.2 Å². The number of nitrogens with one attached hydrogen (secondary N) is 2. The minimum Gasteiger partial charge on any atom is -0.490 e. The first-order chi connectivity index (χ1) is 8.86. The lowest BCUT2D eigenvalue weighted by Crippen LogP contribution is -2.32. The lowest BCUT2D eigenvalue weighted by atomic mass is 10.2. The number of H-pyrrole nitrogens is 1. The van der Waals surface area contributed by atoms with Gasteiger partial charge in [0.05, 0.1) is 30.8 Å². The second-order valence-electron chi connectivity index (χ2n) is 4.26. The van der Waals surface area contributed by atoms with Gasteiger partial charge in [-0.3, -0.25) is 0 Å². The zero-order valence-electron chi connectivity index (χ0n) is 10.3. The van der Waals surface area contributed by atoms with Gasteiger partial charge in [0, 0.05) is 18.9 Å². The van der Waals surface area contributed by atoms with Crippen LogP contribution in [0.2, 0.25) is 0 Å². The Hall–Kier alpha value is -2.17. The highest BCUT2D eigenvalue weighted by Gasteiger charge is 2.19. The maximum absolute atomic E-state index is 5.67. The normalized spacial score (nSPS) is 13.9. The Balaban J connectivity index is 1.90. The van der Waals surface area contributed by atoms with Crippen LogP contribution in [-0.2, 0) is 6.54 Å². The van der Waals surface area contributed by atoms with E-state index in [9.17, 15) is 0 Å². The first-order valence-corrected chi connectivity index (χ1v) is 6.04. The molecule has 1 aliphatic rings. The zero-order chi connectivity index (χ0) is 12.4. The number of benzene rings is 1. The summed E-state index contributed by atoms with van der Waals surface area (Å²) in [5, 5.41) is 3.15. The minimum absolute atomic E-state index is 0.719. The summed E-state index contributed by atoms with van der Waals surface area (Å²) in [6, 6.07) is 6.15. The number of hydrogen-bond acceptors (Lipinski definition) is 4. The number of nitrogens with zero attached hydrogens (tertiary/aromatic N) is 2. The fraction of sp³-hybridized carbons (Fsp3) is 0.308. The van der Waals surface area contributed by atoms with E-state index in [2.05, 4.69) is 26.3 Å². The molecule has 0 amide bonds. The van der Waals surface area contributed by atoms with Crippen LogP contribution in [0.3, 0.4) is 0 Å². The molecule has 1 aliphatic heterocycles. The molecule has 0 spiro atoms. The van der Waals surface area contributed by atoms with E-state index in [1.54, 1.807) is 6.33 Å². The van der Waals surface area contributed by atoms with Gasteiger partial charge in [-0.25, -0.2) is 4.98 Å². The molecule has 94 valence electrons. The standard InChI is InChI=1S/C13H16N4O/c1-14-10-2-3-13-12(6-10)17(4-5-18-13)8-11-7-15-9-16-11/h2-3,6-7,9,14H,4-5,8H2,1H3,(H,15,16). The van der Waals surface area contributed by atoms with Crippen molar-refractivity contribution >= 4 is 11.4 Å². The van der Waals surface area contributed by atoms with E-state index in [0.29, 0.717) is 0 Å². The lowest BCUT2D eigenvalue weighted by Gasteiger charge is -2.31. The highest BCUT2D eigenvalue weighted by atomic mass is 16.5. The average molecular weight is 244 g/mol. The second kappa shape index (κ2) is 4.60. The number of ether oxygens (including phenoxy) is 1. The van der Waals surface area contributed by atoms with Gasteiger partial charge in [0.1, 0.15) is 12.4 Å². The number of rotatable bonds is 3. The monoisotopic (exact) mass is 244 g/mol. The largest absolute Gasteiger partial charge is 0.490 e. The Bertz CT molecular complexity index is 524. The zero-order valence-corrected chi connectivity index (χ0v) is 10.3. The van der Waals surface area contributed by atoms with E-state index in [1.165, 1.54) is 0 Å². The summed E-state index contributed by atoms with van der Waals surface area (Å²) in [6.45, 7) is 2.40. The summed E-state index contributed by atoms with van der Waals surface area (Å²) in [7, 11) is 1.92. The fourth-order valence-electron chi connectivity index (χ4n) is 2.17. The van der Waals surface area contributed by atoms with Crippen molar-refractivity contribution in [1.82, 2.24) is 9.97 Å². The van der Waals surface area contributed by atoms with Crippen LogP contribution in [0.5, 0.6) is 5.75 Å². The Labute approximate surface area is 106 Å². The molecule has 2 N–H and O–H groups in total. The van der Waals surface area contributed by atoms with Crippen molar-refractivity contribution in [2.24, 2.45) is 0 Å². The summed E-state index contributed by atoms with van der Waals surface area (Å²) in [4.78, 5) is 9.54. The predicted molar refractivity (Wildman–Crippen MR) is 71.1 cm³/mol.